The number of benzene rings is 2. The first-order chi connectivity index (χ1) is 13.7. The van der Waals surface area contributed by atoms with E-state index in [-0.39, 0.29) is 5.91 Å². The standard InChI is InChI=1S/C22H21NO5/c24-21(8-4-15-3-6-17-19(13-15)26-12-11-25-17)23-16-5-7-18-20(14-16)28-22(27-18)9-1-2-10-22/h3-8,13-14H,1-2,9-12H2,(H,23,24)/b8-4+. The van der Waals surface area contributed by atoms with Gasteiger partial charge >= 0.3 is 0 Å². The summed E-state index contributed by atoms with van der Waals surface area (Å²) in [5.41, 5.74) is 1.54. The van der Waals surface area contributed by atoms with E-state index in [1.54, 1.807) is 6.08 Å². The molecule has 6 heteroatoms. The Morgan fingerprint density at radius 1 is 0.893 bits per heavy atom. The van der Waals surface area contributed by atoms with Gasteiger partial charge in [0.1, 0.15) is 13.2 Å². The fraction of sp³-hybridized carbons (Fsp3) is 0.318. The maximum atomic E-state index is 12.3. The molecule has 1 spiro atoms. The zero-order chi connectivity index (χ0) is 19.0. The number of carbonyl (C=O) groups is 1. The van der Waals surface area contributed by atoms with Crippen LogP contribution in [-0.2, 0) is 4.79 Å². The Kier molecular flexibility index (Phi) is 4.11. The molecule has 2 aliphatic heterocycles. The smallest absolute Gasteiger partial charge is 0.251 e. The van der Waals surface area contributed by atoms with Crippen molar-refractivity contribution in [1.29, 1.82) is 0 Å². The molecule has 0 unspecified atom stereocenters. The van der Waals surface area contributed by atoms with E-state index < -0.39 is 5.79 Å². The number of carbonyl (C=O) groups excluding carboxylic acids is 1. The van der Waals surface area contributed by atoms with Gasteiger partial charge in [0.2, 0.25) is 5.91 Å². The Hall–Kier alpha value is -3.15. The van der Waals surface area contributed by atoms with Gasteiger partial charge in [-0.05, 0) is 48.7 Å². The second kappa shape index (κ2) is 6.78. The second-order valence-electron chi connectivity index (χ2n) is 7.21. The third kappa shape index (κ3) is 3.26. The summed E-state index contributed by atoms with van der Waals surface area (Å²) < 4.78 is 23.1. The molecule has 1 saturated carbocycles. The first-order valence-corrected chi connectivity index (χ1v) is 9.60. The lowest BCUT2D eigenvalue weighted by molar-refractivity contribution is -0.111. The molecule has 1 aliphatic carbocycles. The summed E-state index contributed by atoms with van der Waals surface area (Å²) in [4.78, 5) is 12.3. The molecular weight excluding hydrogens is 358 g/mol. The van der Waals surface area contributed by atoms with Gasteiger partial charge in [-0.1, -0.05) is 6.07 Å². The van der Waals surface area contributed by atoms with Crippen molar-refractivity contribution in [1.82, 2.24) is 0 Å². The minimum absolute atomic E-state index is 0.218. The van der Waals surface area contributed by atoms with Crippen LogP contribution in [0.3, 0.4) is 0 Å². The van der Waals surface area contributed by atoms with Crippen LogP contribution in [0.25, 0.3) is 6.08 Å². The predicted octanol–water partition coefficient (Wildman–Crippen LogP) is 4.15. The Morgan fingerprint density at radius 2 is 1.64 bits per heavy atom. The van der Waals surface area contributed by atoms with Crippen LogP contribution in [0, 0.1) is 0 Å². The molecular formula is C22H21NO5. The number of hydrogen-bond acceptors (Lipinski definition) is 5. The quantitative estimate of drug-likeness (QED) is 0.812. The largest absolute Gasteiger partial charge is 0.486 e. The van der Waals surface area contributed by atoms with Gasteiger partial charge in [0, 0.05) is 30.7 Å². The summed E-state index contributed by atoms with van der Waals surface area (Å²) in [5.74, 6) is 2.15. The monoisotopic (exact) mass is 379 g/mol. The van der Waals surface area contributed by atoms with Crippen LogP contribution in [0.4, 0.5) is 5.69 Å². The SMILES string of the molecule is O=C(/C=C/c1ccc2c(c1)OCCO2)Nc1ccc2c(c1)OC1(CCCC1)O2. The van der Waals surface area contributed by atoms with E-state index in [1.807, 2.05) is 36.4 Å². The van der Waals surface area contributed by atoms with Crippen LogP contribution in [0.1, 0.15) is 31.2 Å². The van der Waals surface area contributed by atoms with Crippen molar-refractivity contribution in [2.45, 2.75) is 31.5 Å². The van der Waals surface area contributed by atoms with Gasteiger partial charge in [-0.25, -0.2) is 0 Å². The van der Waals surface area contributed by atoms with Crippen LogP contribution in [-0.4, -0.2) is 24.9 Å². The van der Waals surface area contributed by atoms with E-state index in [1.165, 1.54) is 6.08 Å². The minimum Gasteiger partial charge on any atom is -0.486 e. The van der Waals surface area contributed by atoms with Gasteiger partial charge < -0.3 is 24.3 Å². The van der Waals surface area contributed by atoms with Gasteiger partial charge in [0.15, 0.2) is 23.0 Å². The highest BCUT2D eigenvalue weighted by Gasteiger charge is 2.44. The lowest BCUT2D eigenvalue weighted by Crippen LogP contribution is -2.34. The normalized spacial score (nSPS) is 18.6. The van der Waals surface area contributed by atoms with Gasteiger partial charge in [-0.2, -0.15) is 0 Å². The molecule has 1 fully saturated rings. The molecule has 3 aliphatic rings. The third-order valence-corrected chi connectivity index (χ3v) is 5.16. The first kappa shape index (κ1) is 17.0. The van der Waals surface area contributed by atoms with Crippen LogP contribution < -0.4 is 24.3 Å². The summed E-state index contributed by atoms with van der Waals surface area (Å²) in [6, 6.07) is 11.1. The van der Waals surface area contributed by atoms with Crippen molar-refractivity contribution in [2.24, 2.45) is 0 Å². The first-order valence-electron chi connectivity index (χ1n) is 9.60. The maximum Gasteiger partial charge on any atom is 0.251 e. The van der Waals surface area contributed by atoms with Crippen molar-refractivity contribution >= 4 is 17.7 Å². The highest BCUT2D eigenvalue weighted by Crippen LogP contribution is 2.47. The molecule has 2 aromatic carbocycles. The zero-order valence-corrected chi connectivity index (χ0v) is 15.4. The highest BCUT2D eigenvalue weighted by atomic mass is 16.7. The van der Waals surface area contributed by atoms with E-state index in [9.17, 15) is 4.79 Å². The average Bonchev–Trinajstić information content (AvgIpc) is 3.31. The lowest BCUT2D eigenvalue weighted by atomic mass is 10.2. The van der Waals surface area contributed by atoms with E-state index in [4.69, 9.17) is 18.9 Å². The summed E-state index contributed by atoms with van der Waals surface area (Å²) in [7, 11) is 0. The number of amides is 1. The summed E-state index contributed by atoms with van der Waals surface area (Å²) >= 11 is 0. The van der Waals surface area contributed by atoms with Crippen LogP contribution in [0.2, 0.25) is 0 Å². The second-order valence-corrected chi connectivity index (χ2v) is 7.21. The summed E-state index contributed by atoms with van der Waals surface area (Å²) in [5, 5.41) is 2.87. The van der Waals surface area contributed by atoms with Crippen molar-refractivity contribution in [3.63, 3.8) is 0 Å². The third-order valence-electron chi connectivity index (χ3n) is 5.16. The molecule has 0 bridgehead atoms. The molecule has 0 radical (unpaired) electrons. The molecule has 2 heterocycles. The molecule has 1 amide bonds. The summed E-state index contributed by atoms with van der Waals surface area (Å²) in [6.07, 6.45) is 7.27. The molecule has 1 N–H and O–H groups in total. The van der Waals surface area contributed by atoms with Gasteiger partial charge in [0.05, 0.1) is 0 Å². The van der Waals surface area contributed by atoms with Crippen molar-refractivity contribution in [2.75, 3.05) is 18.5 Å². The Bertz CT molecular complexity index is 946. The predicted molar refractivity (Wildman–Crippen MR) is 104 cm³/mol. The fourth-order valence-corrected chi connectivity index (χ4v) is 3.81. The van der Waals surface area contributed by atoms with Crippen molar-refractivity contribution < 1.29 is 23.7 Å². The molecule has 144 valence electrons. The van der Waals surface area contributed by atoms with Gasteiger partial charge in [0.25, 0.3) is 5.79 Å². The number of hydrogen-bond donors (Lipinski definition) is 1. The van der Waals surface area contributed by atoms with Crippen LogP contribution >= 0.6 is 0 Å². The molecule has 5 rings (SSSR count). The number of nitrogens with one attached hydrogen (secondary N) is 1. The zero-order valence-electron chi connectivity index (χ0n) is 15.4. The van der Waals surface area contributed by atoms with E-state index in [0.29, 0.717) is 30.4 Å². The number of rotatable bonds is 3. The molecule has 0 aromatic heterocycles. The maximum absolute atomic E-state index is 12.3. The highest BCUT2D eigenvalue weighted by molar-refractivity contribution is 6.02. The minimum atomic E-state index is -0.497. The van der Waals surface area contributed by atoms with Crippen LogP contribution in [0.5, 0.6) is 23.0 Å². The summed E-state index contributed by atoms with van der Waals surface area (Å²) in [6.45, 7) is 1.09. The molecule has 0 saturated heterocycles. The van der Waals surface area contributed by atoms with Crippen molar-refractivity contribution in [3.8, 4) is 23.0 Å². The van der Waals surface area contributed by atoms with Crippen molar-refractivity contribution in [3.05, 3.63) is 48.0 Å². The van der Waals surface area contributed by atoms with E-state index in [0.717, 1.165) is 42.7 Å². The van der Waals surface area contributed by atoms with E-state index in [2.05, 4.69) is 5.32 Å². The molecule has 6 nitrogen and oxygen atoms in total. The van der Waals surface area contributed by atoms with E-state index >= 15 is 0 Å². The van der Waals surface area contributed by atoms with Crippen LogP contribution in [0.15, 0.2) is 42.5 Å². The average molecular weight is 379 g/mol. The Balaban J connectivity index is 1.25. The number of anilines is 1. The topological polar surface area (TPSA) is 66.0 Å². The molecule has 0 atom stereocenters. The molecule has 2 aromatic rings. The Morgan fingerprint density at radius 3 is 2.50 bits per heavy atom. The number of fused-ring (bicyclic) bond motifs is 2. The van der Waals surface area contributed by atoms with Gasteiger partial charge in [-0.3, -0.25) is 4.79 Å². The Labute approximate surface area is 163 Å². The molecule has 28 heavy (non-hydrogen) atoms. The fourth-order valence-electron chi connectivity index (χ4n) is 3.81. The van der Waals surface area contributed by atoms with Gasteiger partial charge in [-0.15, -0.1) is 0 Å². The number of ether oxygens (including phenoxy) is 4. The lowest BCUT2D eigenvalue weighted by Gasteiger charge is -2.21.